The second kappa shape index (κ2) is 5.84. The third-order valence-corrected chi connectivity index (χ3v) is 4.08. The molecular formula is C17H17BN6. The van der Waals surface area contributed by atoms with Crippen LogP contribution >= 0.6 is 0 Å². The van der Waals surface area contributed by atoms with E-state index in [-0.39, 0.29) is 0 Å². The summed E-state index contributed by atoms with van der Waals surface area (Å²) in [6.45, 7) is 0.669. The van der Waals surface area contributed by atoms with Crippen LogP contribution in [0.15, 0.2) is 55.1 Å². The Morgan fingerprint density at radius 3 is 2.75 bits per heavy atom. The number of hydrogen-bond acceptors (Lipinski definition) is 4. The zero-order valence-electron chi connectivity index (χ0n) is 13.6. The molecule has 0 aliphatic carbocycles. The Morgan fingerprint density at radius 1 is 1.17 bits per heavy atom. The van der Waals surface area contributed by atoms with Gasteiger partial charge in [0.25, 0.3) is 0 Å². The lowest BCUT2D eigenvalue weighted by atomic mass is 10.0. The second-order valence-corrected chi connectivity index (χ2v) is 5.81. The molecule has 118 valence electrons. The van der Waals surface area contributed by atoms with Crippen LogP contribution in [0.3, 0.4) is 0 Å². The van der Waals surface area contributed by atoms with Crippen molar-refractivity contribution >= 4 is 24.8 Å². The van der Waals surface area contributed by atoms with Crippen molar-refractivity contribution in [3.63, 3.8) is 0 Å². The van der Waals surface area contributed by atoms with Crippen molar-refractivity contribution in [3.8, 4) is 11.3 Å². The monoisotopic (exact) mass is 316 g/mol. The predicted molar refractivity (Wildman–Crippen MR) is 97.1 cm³/mol. The lowest BCUT2D eigenvalue weighted by Gasteiger charge is -2.11. The summed E-state index contributed by atoms with van der Waals surface area (Å²) in [4.78, 5) is 8.92. The van der Waals surface area contributed by atoms with Crippen molar-refractivity contribution in [1.29, 1.82) is 0 Å². The van der Waals surface area contributed by atoms with Gasteiger partial charge in [-0.1, -0.05) is 30.3 Å². The molecule has 7 heteroatoms. The number of aromatic nitrogens is 5. The summed E-state index contributed by atoms with van der Waals surface area (Å²) in [5.74, 6) is 0.910. The normalized spacial score (nSPS) is 11.0. The summed E-state index contributed by atoms with van der Waals surface area (Å²) in [5, 5.41) is 7.90. The largest absolute Gasteiger partial charge is 0.364 e. The van der Waals surface area contributed by atoms with Gasteiger partial charge in [-0.3, -0.25) is 0 Å². The topological polar surface area (TPSA) is 60.0 Å². The fraction of sp³-hybridized carbons (Fsp3) is 0.118. The highest BCUT2D eigenvalue weighted by Crippen LogP contribution is 2.21. The van der Waals surface area contributed by atoms with Crippen molar-refractivity contribution in [1.82, 2.24) is 24.1 Å². The minimum atomic E-state index is 0.669. The van der Waals surface area contributed by atoms with E-state index in [1.165, 1.54) is 0 Å². The molecule has 24 heavy (non-hydrogen) atoms. The number of nitrogens with zero attached hydrogens (tertiary/aromatic N) is 5. The van der Waals surface area contributed by atoms with Gasteiger partial charge in [-0.15, -0.1) is 0 Å². The Kier molecular flexibility index (Phi) is 3.53. The highest BCUT2D eigenvalue weighted by molar-refractivity contribution is 6.36. The minimum absolute atomic E-state index is 0.669. The smallest absolute Gasteiger partial charge is 0.151 e. The number of aryl methyl sites for hydroxylation is 1. The molecule has 0 fully saturated rings. The van der Waals surface area contributed by atoms with Crippen LogP contribution in [0.4, 0.5) is 5.82 Å². The summed E-state index contributed by atoms with van der Waals surface area (Å²) in [6, 6.07) is 12.2. The molecule has 0 saturated carbocycles. The molecule has 0 amide bonds. The number of rotatable bonds is 4. The molecule has 6 nitrogen and oxygen atoms in total. The number of nitrogens with one attached hydrogen (secondary N) is 1. The maximum absolute atomic E-state index is 4.77. The van der Waals surface area contributed by atoms with Gasteiger partial charge in [0.2, 0.25) is 0 Å². The van der Waals surface area contributed by atoms with E-state index in [0.717, 1.165) is 33.9 Å². The van der Waals surface area contributed by atoms with Crippen LogP contribution in [-0.4, -0.2) is 32.0 Å². The van der Waals surface area contributed by atoms with Crippen LogP contribution in [0.25, 0.3) is 16.9 Å². The van der Waals surface area contributed by atoms with E-state index in [0.29, 0.717) is 6.54 Å². The van der Waals surface area contributed by atoms with Crippen molar-refractivity contribution in [3.05, 3.63) is 60.8 Å². The predicted octanol–water partition coefficient (Wildman–Crippen LogP) is 1.00. The first-order valence-electron chi connectivity index (χ1n) is 7.82. The molecule has 0 bridgehead atoms. The number of hydrogen-bond donors (Lipinski definition) is 1. The van der Waals surface area contributed by atoms with Gasteiger partial charge in [0.15, 0.2) is 5.65 Å². The van der Waals surface area contributed by atoms with E-state index in [2.05, 4.69) is 27.5 Å². The molecule has 1 aromatic carbocycles. The fourth-order valence-electron chi connectivity index (χ4n) is 2.69. The van der Waals surface area contributed by atoms with Crippen molar-refractivity contribution < 1.29 is 0 Å². The SMILES string of the molecule is Bc1cnn2c(NCc3cncn3C)cc(-c3ccccc3)nc12. The van der Waals surface area contributed by atoms with Gasteiger partial charge in [-0.2, -0.15) is 9.61 Å². The van der Waals surface area contributed by atoms with Crippen LogP contribution in [0.5, 0.6) is 0 Å². The highest BCUT2D eigenvalue weighted by Gasteiger charge is 2.11. The Balaban J connectivity index is 1.77. The highest BCUT2D eigenvalue weighted by atomic mass is 15.3. The summed E-state index contributed by atoms with van der Waals surface area (Å²) < 4.78 is 3.84. The molecule has 3 aromatic heterocycles. The van der Waals surface area contributed by atoms with Gasteiger partial charge in [-0.25, -0.2) is 9.97 Å². The second-order valence-electron chi connectivity index (χ2n) is 5.81. The van der Waals surface area contributed by atoms with Gasteiger partial charge < -0.3 is 9.88 Å². The summed E-state index contributed by atoms with van der Waals surface area (Å²) in [6.07, 6.45) is 5.50. The van der Waals surface area contributed by atoms with E-state index in [4.69, 9.17) is 4.98 Å². The van der Waals surface area contributed by atoms with E-state index < -0.39 is 0 Å². The van der Waals surface area contributed by atoms with E-state index in [9.17, 15) is 0 Å². The van der Waals surface area contributed by atoms with Gasteiger partial charge in [0.05, 0.1) is 24.3 Å². The van der Waals surface area contributed by atoms with Crippen LogP contribution in [-0.2, 0) is 13.6 Å². The quantitative estimate of drug-likeness (QED) is 0.571. The molecule has 0 aliphatic heterocycles. The van der Waals surface area contributed by atoms with Crippen molar-refractivity contribution in [2.24, 2.45) is 7.05 Å². The Morgan fingerprint density at radius 2 is 2.00 bits per heavy atom. The zero-order chi connectivity index (χ0) is 16.5. The molecule has 4 rings (SSSR count). The first-order chi connectivity index (χ1) is 11.7. The van der Waals surface area contributed by atoms with Gasteiger partial charge in [-0.05, 0) is 5.46 Å². The number of imidazole rings is 1. The molecule has 0 atom stereocenters. The number of fused-ring (bicyclic) bond motifs is 1. The molecular weight excluding hydrogens is 299 g/mol. The third-order valence-electron chi connectivity index (χ3n) is 4.08. The Labute approximate surface area is 140 Å². The van der Waals surface area contributed by atoms with Crippen LogP contribution in [0, 0.1) is 0 Å². The number of benzene rings is 1. The summed E-state index contributed by atoms with van der Waals surface area (Å²) >= 11 is 0. The molecule has 4 aromatic rings. The van der Waals surface area contributed by atoms with E-state index >= 15 is 0 Å². The molecule has 3 heterocycles. The third kappa shape index (κ3) is 2.54. The average Bonchev–Trinajstić information content (AvgIpc) is 3.19. The molecule has 0 radical (unpaired) electrons. The standard InChI is InChI=1S/C17H17BN6/c1-23-11-19-8-13(23)9-20-16-7-15(12-5-3-2-4-6-12)22-17-14(18)10-21-24(16)17/h2-8,10-11,20H,9,18H2,1H3. The minimum Gasteiger partial charge on any atom is -0.364 e. The van der Waals surface area contributed by atoms with Gasteiger partial charge in [0.1, 0.15) is 13.7 Å². The van der Waals surface area contributed by atoms with Crippen molar-refractivity contribution in [2.75, 3.05) is 5.32 Å². The van der Waals surface area contributed by atoms with Gasteiger partial charge >= 0.3 is 0 Å². The van der Waals surface area contributed by atoms with Crippen LogP contribution in [0.2, 0.25) is 0 Å². The van der Waals surface area contributed by atoms with Crippen LogP contribution in [0.1, 0.15) is 5.69 Å². The van der Waals surface area contributed by atoms with E-state index in [1.807, 2.05) is 60.6 Å². The molecule has 0 saturated heterocycles. The lowest BCUT2D eigenvalue weighted by molar-refractivity contribution is 0.828. The first kappa shape index (κ1) is 14.5. The summed E-state index contributed by atoms with van der Waals surface area (Å²) in [7, 11) is 4.01. The Hall–Kier alpha value is -3.09. The number of anilines is 1. The maximum atomic E-state index is 4.77. The molecule has 0 unspecified atom stereocenters. The van der Waals surface area contributed by atoms with E-state index in [1.54, 1.807) is 6.33 Å². The summed E-state index contributed by atoms with van der Waals surface area (Å²) in [5.41, 5.74) is 5.04. The zero-order valence-corrected chi connectivity index (χ0v) is 13.6. The molecule has 0 aliphatic rings. The lowest BCUT2D eigenvalue weighted by Crippen LogP contribution is -2.10. The van der Waals surface area contributed by atoms with Crippen molar-refractivity contribution in [2.45, 2.75) is 6.54 Å². The molecule has 0 spiro atoms. The Bertz CT molecular complexity index is 989. The first-order valence-corrected chi connectivity index (χ1v) is 7.82. The maximum Gasteiger partial charge on any atom is 0.151 e. The van der Waals surface area contributed by atoms with Gasteiger partial charge in [0, 0.05) is 31.1 Å². The fourth-order valence-corrected chi connectivity index (χ4v) is 2.69. The average molecular weight is 316 g/mol. The van der Waals surface area contributed by atoms with Crippen LogP contribution < -0.4 is 10.8 Å². The molecule has 1 N–H and O–H groups in total.